The van der Waals surface area contributed by atoms with E-state index in [1.165, 1.54) is 5.56 Å². The van der Waals surface area contributed by atoms with Crippen molar-refractivity contribution < 1.29 is 4.74 Å². The third kappa shape index (κ3) is 4.00. The average Bonchev–Trinajstić information content (AvgIpc) is 2.37. The topological polar surface area (TPSA) is 9.23 Å². The molecule has 0 heterocycles. The van der Waals surface area contributed by atoms with Crippen LogP contribution in [0.1, 0.15) is 31.9 Å². The highest BCUT2D eigenvalue weighted by Gasteiger charge is 2.13. The Bertz CT molecular complexity index is 585. The van der Waals surface area contributed by atoms with Crippen molar-refractivity contribution in [1.82, 2.24) is 0 Å². The molecule has 0 amide bonds. The Labute approximate surface area is 134 Å². The lowest BCUT2D eigenvalue weighted by Gasteiger charge is -2.19. The molecule has 0 aliphatic heterocycles. The molecule has 0 bridgehead atoms. The van der Waals surface area contributed by atoms with Crippen LogP contribution in [-0.2, 0) is 12.0 Å². The first-order valence-electron chi connectivity index (χ1n) is 6.53. The van der Waals surface area contributed by atoms with Gasteiger partial charge in [-0.2, -0.15) is 0 Å². The largest absolute Gasteiger partial charge is 0.489 e. The second-order valence-electron chi connectivity index (χ2n) is 5.80. The van der Waals surface area contributed by atoms with E-state index in [2.05, 4.69) is 48.8 Å². The highest BCUT2D eigenvalue weighted by Crippen LogP contribution is 2.26. The van der Waals surface area contributed by atoms with E-state index >= 15 is 0 Å². The highest BCUT2D eigenvalue weighted by atomic mass is 79.9. The molecule has 0 unspecified atom stereocenters. The van der Waals surface area contributed by atoms with Crippen molar-refractivity contribution in [3.8, 4) is 5.75 Å². The zero-order valence-electron chi connectivity index (χ0n) is 11.9. The lowest BCUT2D eigenvalue weighted by molar-refractivity contribution is 0.306. The van der Waals surface area contributed by atoms with Crippen LogP contribution in [0.15, 0.2) is 46.9 Å². The molecule has 0 spiro atoms. The van der Waals surface area contributed by atoms with Crippen LogP contribution in [0.4, 0.5) is 0 Å². The summed E-state index contributed by atoms with van der Waals surface area (Å²) in [7, 11) is 0. The SMILES string of the molecule is CC(C)(C)c1ccc(OCc2ccc(Br)cc2Cl)cc1. The van der Waals surface area contributed by atoms with E-state index < -0.39 is 0 Å². The van der Waals surface area contributed by atoms with Crippen molar-refractivity contribution in [2.75, 3.05) is 0 Å². The standard InChI is InChI=1S/C17H18BrClO/c1-17(2,3)13-5-8-15(9-6-13)20-11-12-4-7-14(18)10-16(12)19/h4-10H,11H2,1-3H3. The highest BCUT2D eigenvalue weighted by molar-refractivity contribution is 9.10. The maximum absolute atomic E-state index is 6.17. The van der Waals surface area contributed by atoms with Crippen LogP contribution in [0.2, 0.25) is 5.02 Å². The van der Waals surface area contributed by atoms with Crippen molar-refractivity contribution in [3.63, 3.8) is 0 Å². The Morgan fingerprint density at radius 1 is 1.05 bits per heavy atom. The minimum atomic E-state index is 0.160. The third-order valence-electron chi connectivity index (χ3n) is 3.13. The Morgan fingerprint density at radius 2 is 1.70 bits per heavy atom. The molecule has 0 saturated heterocycles. The summed E-state index contributed by atoms with van der Waals surface area (Å²) in [5, 5.41) is 0.714. The molecule has 2 rings (SSSR count). The van der Waals surface area contributed by atoms with Crippen LogP contribution >= 0.6 is 27.5 Å². The van der Waals surface area contributed by atoms with Gasteiger partial charge in [0.05, 0.1) is 0 Å². The minimum Gasteiger partial charge on any atom is -0.489 e. The van der Waals surface area contributed by atoms with Gasteiger partial charge in [0.25, 0.3) is 0 Å². The van der Waals surface area contributed by atoms with Gasteiger partial charge >= 0.3 is 0 Å². The molecular formula is C17H18BrClO. The van der Waals surface area contributed by atoms with Gasteiger partial charge in [-0.3, -0.25) is 0 Å². The second-order valence-corrected chi connectivity index (χ2v) is 7.12. The van der Waals surface area contributed by atoms with Gasteiger partial charge in [0, 0.05) is 15.1 Å². The van der Waals surface area contributed by atoms with Crippen LogP contribution in [0.25, 0.3) is 0 Å². The maximum atomic E-state index is 6.17. The van der Waals surface area contributed by atoms with Gasteiger partial charge in [0.1, 0.15) is 12.4 Å². The van der Waals surface area contributed by atoms with Crippen molar-refractivity contribution in [3.05, 3.63) is 63.1 Å². The third-order valence-corrected chi connectivity index (χ3v) is 3.97. The van der Waals surface area contributed by atoms with Crippen LogP contribution < -0.4 is 4.74 Å². The number of hydrogen-bond donors (Lipinski definition) is 0. The summed E-state index contributed by atoms with van der Waals surface area (Å²) < 4.78 is 6.75. The zero-order chi connectivity index (χ0) is 14.8. The number of benzene rings is 2. The molecule has 0 aliphatic rings. The quantitative estimate of drug-likeness (QED) is 0.659. The summed E-state index contributed by atoms with van der Waals surface area (Å²) in [6.07, 6.45) is 0. The van der Waals surface area contributed by atoms with E-state index in [0.717, 1.165) is 15.8 Å². The van der Waals surface area contributed by atoms with Crippen LogP contribution in [0.3, 0.4) is 0 Å². The van der Waals surface area contributed by atoms with Crippen LogP contribution in [0.5, 0.6) is 5.75 Å². The van der Waals surface area contributed by atoms with Gasteiger partial charge in [-0.15, -0.1) is 0 Å². The molecule has 1 nitrogen and oxygen atoms in total. The first-order chi connectivity index (χ1) is 9.36. The normalized spacial score (nSPS) is 11.4. The molecule has 2 aromatic carbocycles. The Kier molecular flexibility index (Phi) is 4.77. The fraction of sp³-hybridized carbons (Fsp3) is 0.294. The van der Waals surface area contributed by atoms with E-state index in [9.17, 15) is 0 Å². The van der Waals surface area contributed by atoms with E-state index in [1.807, 2.05) is 30.3 Å². The Balaban J connectivity index is 2.04. The van der Waals surface area contributed by atoms with Crippen molar-refractivity contribution in [1.29, 1.82) is 0 Å². The molecule has 0 saturated carbocycles. The summed E-state index contributed by atoms with van der Waals surface area (Å²) in [4.78, 5) is 0. The summed E-state index contributed by atoms with van der Waals surface area (Å²) in [5.74, 6) is 0.858. The lowest BCUT2D eigenvalue weighted by atomic mass is 9.87. The summed E-state index contributed by atoms with van der Waals surface area (Å²) in [5.41, 5.74) is 2.44. The molecule has 106 valence electrons. The van der Waals surface area contributed by atoms with Crippen LogP contribution in [-0.4, -0.2) is 0 Å². The maximum Gasteiger partial charge on any atom is 0.119 e. The Hall–Kier alpha value is -0.990. The number of halogens is 2. The molecular weight excluding hydrogens is 336 g/mol. The Morgan fingerprint density at radius 3 is 2.25 bits per heavy atom. The van der Waals surface area contributed by atoms with Gasteiger partial charge in [-0.05, 0) is 35.2 Å². The van der Waals surface area contributed by atoms with E-state index in [4.69, 9.17) is 16.3 Å². The van der Waals surface area contributed by atoms with E-state index in [1.54, 1.807) is 0 Å². The zero-order valence-corrected chi connectivity index (χ0v) is 14.3. The van der Waals surface area contributed by atoms with E-state index in [-0.39, 0.29) is 5.41 Å². The first kappa shape index (κ1) is 15.4. The molecule has 0 fully saturated rings. The predicted octanol–water partition coefficient (Wildman–Crippen LogP) is 5.98. The van der Waals surface area contributed by atoms with Gasteiger partial charge < -0.3 is 4.74 Å². The molecule has 0 N–H and O–H groups in total. The van der Waals surface area contributed by atoms with Crippen LogP contribution in [0, 0.1) is 0 Å². The summed E-state index contributed by atoms with van der Waals surface area (Å²) in [6, 6.07) is 14.0. The predicted molar refractivity (Wildman–Crippen MR) is 88.6 cm³/mol. The lowest BCUT2D eigenvalue weighted by Crippen LogP contribution is -2.10. The monoisotopic (exact) mass is 352 g/mol. The molecule has 0 atom stereocenters. The second kappa shape index (κ2) is 6.19. The van der Waals surface area contributed by atoms with Gasteiger partial charge in [-0.1, -0.05) is 66.5 Å². The fourth-order valence-corrected chi connectivity index (χ4v) is 2.58. The molecule has 0 aromatic heterocycles. The van der Waals surface area contributed by atoms with Crippen molar-refractivity contribution in [2.24, 2.45) is 0 Å². The van der Waals surface area contributed by atoms with Gasteiger partial charge in [0.15, 0.2) is 0 Å². The summed E-state index contributed by atoms with van der Waals surface area (Å²) >= 11 is 9.56. The van der Waals surface area contributed by atoms with E-state index in [0.29, 0.717) is 11.6 Å². The molecule has 3 heteroatoms. The number of rotatable bonds is 3. The van der Waals surface area contributed by atoms with Crippen molar-refractivity contribution in [2.45, 2.75) is 32.8 Å². The molecule has 20 heavy (non-hydrogen) atoms. The molecule has 0 radical (unpaired) electrons. The smallest absolute Gasteiger partial charge is 0.119 e. The number of ether oxygens (including phenoxy) is 1. The van der Waals surface area contributed by atoms with Gasteiger partial charge in [0.2, 0.25) is 0 Å². The summed E-state index contributed by atoms with van der Waals surface area (Å²) in [6.45, 7) is 7.07. The molecule has 0 aliphatic carbocycles. The van der Waals surface area contributed by atoms with Crippen molar-refractivity contribution >= 4 is 27.5 Å². The minimum absolute atomic E-state index is 0.160. The average molecular weight is 354 g/mol. The fourth-order valence-electron chi connectivity index (χ4n) is 1.85. The number of hydrogen-bond acceptors (Lipinski definition) is 1. The van der Waals surface area contributed by atoms with Gasteiger partial charge in [-0.25, -0.2) is 0 Å². The molecule has 2 aromatic rings. The first-order valence-corrected chi connectivity index (χ1v) is 7.70.